The number of fused-ring (bicyclic) bond motifs is 1. The predicted molar refractivity (Wildman–Crippen MR) is 121 cm³/mol. The lowest BCUT2D eigenvalue weighted by Crippen LogP contribution is -2.36. The van der Waals surface area contributed by atoms with Crippen molar-refractivity contribution >= 4 is 35.2 Å². The van der Waals surface area contributed by atoms with Crippen LogP contribution >= 0.6 is 0 Å². The summed E-state index contributed by atoms with van der Waals surface area (Å²) in [5.41, 5.74) is -1.23. The first-order valence-electron chi connectivity index (χ1n) is 10.8. The molecule has 1 N–H and O–H groups in total. The third kappa shape index (κ3) is 4.39. The van der Waals surface area contributed by atoms with Crippen LogP contribution in [0, 0.1) is 5.92 Å². The molecule has 2 aromatic heterocycles. The monoisotopic (exact) mass is 484 g/mol. The van der Waals surface area contributed by atoms with Gasteiger partial charge in [-0.05, 0) is 23.8 Å². The quantitative estimate of drug-likeness (QED) is 0.716. The fourth-order valence-electron chi connectivity index (χ4n) is 4.12. The highest BCUT2D eigenvalue weighted by Gasteiger charge is 2.42. The second-order valence-corrected chi connectivity index (χ2v) is 7.93. The number of nitrogens with one attached hydrogen (secondary N) is 1. The van der Waals surface area contributed by atoms with E-state index in [-0.39, 0.29) is 5.70 Å². The topological polar surface area (TPSA) is 102 Å². The molecule has 2 aliphatic heterocycles. The van der Waals surface area contributed by atoms with Crippen LogP contribution in [0.2, 0.25) is 0 Å². The minimum Gasteiger partial charge on any atom is -0.378 e. The lowest BCUT2D eigenvalue weighted by molar-refractivity contribution is -0.143. The molecule has 1 saturated heterocycles. The third-order valence-electron chi connectivity index (χ3n) is 5.76. The number of amides is 2. The number of hydrogen-bond donors (Lipinski definition) is 1. The molecule has 35 heavy (non-hydrogen) atoms. The number of halogens is 3. The van der Waals surface area contributed by atoms with Gasteiger partial charge in [0.2, 0.25) is 0 Å². The van der Waals surface area contributed by atoms with Gasteiger partial charge in [-0.15, -0.1) is 0 Å². The van der Waals surface area contributed by atoms with Gasteiger partial charge in [0, 0.05) is 37.3 Å². The first kappa shape index (κ1) is 22.7. The van der Waals surface area contributed by atoms with E-state index in [1.165, 1.54) is 36.7 Å². The van der Waals surface area contributed by atoms with Crippen molar-refractivity contribution in [3.63, 3.8) is 0 Å². The van der Waals surface area contributed by atoms with Crippen LogP contribution in [-0.2, 0) is 15.7 Å². The number of aliphatic imine (C=N–C) groups is 1. The Kier molecular flexibility index (Phi) is 5.81. The molecule has 0 bridgehead atoms. The van der Waals surface area contributed by atoms with Crippen molar-refractivity contribution in [1.82, 2.24) is 14.8 Å². The van der Waals surface area contributed by atoms with E-state index in [4.69, 9.17) is 4.74 Å². The molecule has 4 heterocycles. The summed E-state index contributed by atoms with van der Waals surface area (Å²) in [5, 5.41) is 6.39. The lowest BCUT2D eigenvalue weighted by Gasteiger charge is -2.28. The van der Waals surface area contributed by atoms with Crippen LogP contribution in [0.4, 0.5) is 24.7 Å². The van der Waals surface area contributed by atoms with E-state index in [1.807, 2.05) is 4.90 Å². The maximum absolute atomic E-state index is 14.2. The number of ether oxygens (including phenoxy) is 1. The number of hydrogen-bond acceptors (Lipinski definition) is 6. The van der Waals surface area contributed by atoms with E-state index in [0.717, 1.165) is 6.20 Å². The molecule has 1 unspecified atom stereocenters. The van der Waals surface area contributed by atoms with Gasteiger partial charge in [0.1, 0.15) is 5.82 Å². The van der Waals surface area contributed by atoms with Gasteiger partial charge in [0.05, 0.1) is 36.6 Å². The third-order valence-corrected chi connectivity index (χ3v) is 5.76. The Morgan fingerprint density at radius 2 is 2.00 bits per heavy atom. The van der Waals surface area contributed by atoms with Gasteiger partial charge < -0.3 is 15.0 Å². The van der Waals surface area contributed by atoms with Gasteiger partial charge in [0.15, 0.2) is 5.69 Å². The number of allylic oxidation sites excluding steroid dienone is 4. The molecule has 3 aliphatic rings. The zero-order valence-corrected chi connectivity index (χ0v) is 18.2. The number of carbonyl (C=O) groups is 2. The Balaban J connectivity index is 1.47. The van der Waals surface area contributed by atoms with Crippen LogP contribution in [-0.4, -0.2) is 59.1 Å². The van der Waals surface area contributed by atoms with Gasteiger partial charge in [0.25, 0.3) is 11.8 Å². The van der Waals surface area contributed by atoms with Crippen molar-refractivity contribution in [3.05, 3.63) is 65.7 Å². The maximum Gasteiger partial charge on any atom is 0.434 e. The Bertz CT molecular complexity index is 1300. The minimum atomic E-state index is -4.90. The van der Waals surface area contributed by atoms with Gasteiger partial charge in [-0.1, -0.05) is 12.2 Å². The van der Waals surface area contributed by atoms with Crippen molar-refractivity contribution in [1.29, 1.82) is 0 Å². The number of dihydropyridines is 1. The van der Waals surface area contributed by atoms with Gasteiger partial charge in [-0.25, -0.2) is 14.7 Å². The van der Waals surface area contributed by atoms with Crippen LogP contribution < -0.4 is 10.2 Å². The summed E-state index contributed by atoms with van der Waals surface area (Å²) in [6.07, 6.45) is 4.59. The molecular formula is C23H19F3N6O3. The summed E-state index contributed by atoms with van der Waals surface area (Å²) >= 11 is 0. The summed E-state index contributed by atoms with van der Waals surface area (Å²) in [6.45, 7) is 2.30. The molecule has 12 heteroatoms. The summed E-state index contributed by atoms with van der Waals surface area (Å²) < 4.78 is 48.5. The number of aromatic nitrogens is 3. The molecule has 180 valence electrons. The van der Waals surface area contributed by atoms with Crippen LogP contribution in [0.5, 0.6) is 0 Å². The Morgan fingerprint density at radius 3 is 2.77 bits per heavy atom. The molecule has 1 atom stereocenters. The fourth-order valence-corrected chi connectivity index (χ4v) is 4.12. The van der Waals surface area contributed by atoms with Gasteiger partial charge >= 0.3 is 6.18 Å². The Morgan fingerprint density at radius 1 is 1.20 bits per heavy atom. The Hall–Kier alpha value is -4.06. The molecule has 5 rings (SSSR count). The molecule has 0 spiro atoms. The molecule has 9 nitrogen and oxygen atoms in total. The zero-order chi connectivity index (χ0) is 24.6. The largest absolute Gasteiger partial charge is 0.434 e. The second-order valence-electron chi connectivity index (χ2n) is 7.93. The Labute approximate surface area is 197 Å². The highest BCUT2D eigenvalue weighted by molar-refractivity contribution is 6.06. The smallest absolute Gasteiger partial charge is 0.378 e. The molecule has 0 radical (unpaired) electrons. The van der Waals surface area contributed by atoms with E-state index < -0.39 is 35.2 Å². The number of carbonyl (C=O) groups excluding carboxylic acids is 2. The van der Waals surface area contributed by atoms with Crippen LogP contribution in [0.25, 0.3) is 5.70 Å². The summed E-state index contributed by atoms with van der Waals surface area (Å²) in [6, 6.07) is 3.09. The van der Waals surface area contributed by atoms with Crippen LogP contribution in [0.15, 0.2) is 59.4 Å². The number of morpholine rings is 1. The molecule has 1 aliphatic carbocycles. The standard InChI is InChI=1S/C23H19F3N6O3/c24-23(25,26)20-17(13-29-32(20)18-3-1-2-16-15(18)5-7-28-21(16)33)22(34)30-14-4-6-27-19(12-14)31-8-10-35-11-9-31/h1-7,12-13,16H,8-11H2,(H,27,30,34). The van der Waals surface area contributed by atoms with Crippen molar-refractivity contribution in [2.75, 3.05) is 36.5 Å². The number of anilines is 2. The number of alkyl halides is 3. The number of pyridine rings is 1. The number of nitrogens with zero attached hydrogens (tertiary/aromatic N) is 5. The summed E-state index contributed by atoms with van der Waals surface area (Å²) in [4.78, 5) is 35.0. The fraction of sp³-hybridized carbons (Fsp3) is 0.261. The van der Waals surface area contributed by atoms with Crippen molar-refractivity contribution in [3.8, 4) is 0 Å². The van der Waals surface area contributed by atoms with E-state index in [1.54, 1.807) is 12.1 Å². The molecule has 2 amide bonds. The highest BCUT2D eigenvalue weighted by atomic mass is 19.4. The molecule has 0 saturated carbocycles. The molecular weight excluding hydrogens is 465 g/mol. The summed E-state index contributed by atoms with van der Waals surface area (Å²) in [7, 11) is 0. The highest BCUT2D eigenvalue weighted by Crippen LogP contribution is 2.38. The SMILES string of the molecule is O=C(Nc1ccnc(N2CCOCC2)c1)c1cnn(C2=CC=CC3C(=O)N=CC=C23)c1C(F)(F)F. The van der Waals surface area contributed by atoms with Crippen molar-refractivity contribution < 1.29 is 27.5 Å². The average molecular weight is 484 g/mol. The first-order valence-corrected chi connectivity index (χ1v) is 10.8. The van der Waals surface area contributed by atoms with E-state index >= 15 is 0 Å². The molecule has 2 aromatic rings. The molecule has 1 fully saturated rings. The van der Waals surface area contributed by atoms with Crippen LogP contribution in [0.3, 0.4) is 0 Å². The zero-order valence-electron chi connectivity index (χ0n) is 18.2. The normalized spacial score (nSPS) is 19.8. The average Bonchev–Trinajstić information content (AvgIpc) is 3.31. The number of rotatable bonds is 4. The lowest BCUT2D eigenvalue weighted by atomic mass is 9.89. The first-order chi connectivity index (χ1) is 16.8. The maximum atomic E-state index is 14.2. The molecule has 0 aromatic carbocycles. The predicted octanol–water partition coefficient (Wildman–Crippen LogP) is 2.95. The second kappa shape index (κ2) is 8.95. The summed E-state index contributed by atoms with van der Waals surface area (Å²) in [5.74, 6) is -1.69. The van der Waals surface area contributed by atoms with Gasteiger partial charge in [-0.3, -0.25) is 9.59 Å². The van der Waals surface area contributed by atoms with Crippen molar-refractivity contribution in [2.24, 2.45) is 10.9 Å². The van der Waals surface area contributed by atoms with E-state index in [9.17, 15) is 22.8 Å². The van der Waals surface area contributed by atoms with E-state index in [0.29, 0.717) is 48.1 Å². The van der Waals surface area contributed by atoms with Gasteiger partial charge in [-0.2, -0.15) is 18.3 Å². The van der Waals surface area contributed by atoms with Crippen LogP contribution in [0.1, 0.15) is 16.1 Å². The van der Waals surface area contributed by atoms with Crippen molar-refractivity contribution in [2.45, 2.75) is 6.18 Å². The van der Waals surface area contributed by atoms with E-state index in [2.05, 4.69) is 20.4 Å². The minimum absolute atomic E-state index is 0.0434.